The Morgan fingerprint density at radius 2 is 0.784 bits per heavy atom. The van der Waals surface area contributed by atoms with Gasteiger partial charge in [0.05, 0.1) is 18.8 Å². The fraction of sp³-hybridized carbons (Fsp3) is 0.891. The highest BCUT2D eigenvalue weighted by Crippen LogP contribution is 2.16. The van der Waals surface area contributed by atoms with E-state index in [0.29, 0.717) is 12.8 Å². The molecule has 0 fully saturated rings. The van der Waals surface area contributed by atoms with Gasteiger partial charge in [-0.2, -0.15) is 0 Å². The number of amides is 1. The molecule has 0 spiro atoms. The van der Waals surface area contributed by atoms with Crippen LogP contribution in [-0.2, 0) is 4.79 Å². The zero-order valence-corrected chi connectivity index (χ0v) is 34.2. The molecule has 0 rings (SSSR count). The van der Waals surface area contributed by atoms with Crippen LogP contribution in [0.1, 0.15) is 239 Å². The molecule has 0 bridgehead atoms. The highest BCUT2D eigenvalue weighted by molar-refractivity contribution is 5.76. The molecule has 302 valence electrons. The number of unbranched alkanes of at least 4 members (excludes halogenated alkanes) is 29. The van der Waals surface area contributed by atoms with Gasteiger partial charge in [-0.05, 0) is 64.2 Å². The van der Waals surface area contributed by atoms with E-state index in [2.05, 4.69) is 43.5 Å². The van der Waals surface area contributed by atoms with Crippen LogP contribution in [0.4, 0.5) is 0 Å². The Hall–Kier alpha value is -1.17. The van der Waals surface area contributed by atoms with Gasteiger partial charge in [-0.1, -0.05) is 192 Å². The molecular formula is C46H89NO4. The predicted octanol–water partition coefficient (Wildman–Crippen LogP) is 13.0. The highest BCUT2D eigenvalue weighted by atomic mass is 16.3. The minimum atomic E-state index is -1.15. The number of hydrogen-bond donors (Lipinski definition) is 4. The Morgan fingerprint density at radius 1 is 0.471 bits per heavy atom. The minimum absolute atomic E-state index is 0.156. The summed E-state index contributed by atoms with van der Waals surface area (Å²) in [6.07, 6.45) is 50.4. The summed E-state index contributed by atoms with van der Waals surface area (Å²) in [5, 5.41) is 33.2. The van der Waals surface area contributed by atoms with Gasteiger partial charge in [0.1, 0.15) is 6.10 Å². The first-order valence-electron chi connectivity index (χ1n) is 22.6. The maximum Gasteiger partial charge on any atom is 0.220 e. The summed E-state index contributed by atoms with van der Waals surface area (Å²) in [6.45, 7) is 4.11. The van der Waals surface area contributed by atoms with Gasteiger partial charge in [0.15, 0.2) is 0 Å². The largest absolute Gasteiger partial charge is 0.394 e. The molecule has 4 N–H and O–H groups in total. The summed E-state index contributed by atoms with van der Waals surface area (Å²) >= 11 is 0. The van der Waals surface area contributed by atoms with Crippen molar-refractivity contribution in [2.75, 3.05) is 6.61 Å². The molecule has 3 unspecified atom stereocenters. The molecule has 0 aromatic rings. The van der Waals surface area contributed by atoms with Crippen LogP contribution in [-0.4, -0.2) is 46.1 Å². The number of allylic oxidation sites excluding steroid dienone is 4. The second kappa shape index (κ2) is 41.6. The van der Waals surface area contributed by atoms with Crippen LogP contribution in [0, 0.1) is 0 Å². The average Bonchev–Trinajstić information content (AvgIpc) is 3.13. The quantitative estimate of drug-likeness (QED) is 0.0374. The summed E-state index contributed by atoms with van der Waals surface area (Å²) in [4.78, 5) is 12.4. The van der Waals surface area contributed by atoms with Gasteiger partial charge in [-0.15, -0.1) is 0 Å². The molecule has 1 amide bonds. The van der Waals surface area contributed by atoms with Crippen molar-refractivity contribution in [3.05, 3.63) is 24.3 Å². The Morgan fingerprint density at radius 3 is 1.18 bits per heavy atom. The standard InChI is InChI=1S/C46H89NO4/c1-3-5-7-9-11-13-14-15-16-17-18-19-20-21-22-23-24-25-26-27-28-29-30-31-32-33-35-37-39-41-45(50)47-43(42-48)46(51)44(49)40-38-36-34-12-10-8-6-4-2/h12,21-22,34,43-44,46,48-49,51H,3-11,13-20,23-33,35-42H2,1-2H3,(H,47,50)/b22-21-,34-12+. The van der Waals surface area contributed by atoms with Crippen LogP contribution in [0.25, 0.3) is 0 Å². The van der Waals surface area contributed by atoms with Crippen molar-refractivity contribution < 1.29 is 20.1 Å². The van der Waals surface area contributed by atoms with E-state index in [1.54, 1.807) is 0 Å². The van der Waals surface area contributed by atoms with E-state index in [-0.39, 0.29) is 12.5 Å². The lowest BCUT2D eigenvalue weighted by atomic mass is 10.0. The van der Waals surface area contributed by atoms with Gasteiger partial charge in [-0.25, -0.2) is 0 Å². The molecule has 0 aromatic carbocycles. The predicted molar refractivity (Wildman–Crippen MR) is 222 cm³/mol. The third-order valence-electron chi connectivity index (χ3n) is 10.5. The van der Waals surface area contributed by atoms with Crippen molar-refractivity contribution in [2.24, 2.45) is 0 Å². The van der Waals surface area contributed by atoms with E-state index in [0.717, 1.165) is 38.5 Å². The van der Waals surface area contributed by atoms with Gasteiger partial charge in [0.2, 0.25) is 5.91 Å². The molecular weight excluding hydrogens is 631 g/mol. The lowest BCUT2D eigenvalue weighted by molar-refractivity contribution is -0.124. The lowest BCUT2D eigenvalue weighted by Crippen LogP contribution is -2.50. The van der Waals surface area contributed by atoms with Crippen molar-refractivity contribution in [2.45, 2.75) is 257 Å². The number of aliphatic hydroxyl groups excluding tert-OH is 3. The molecule has 5 heteroatoms. The van der Waals surface area contributed by atoms with Gasteiger partial charge < -0.3 is 20.6 Å². The van der Waals surface area contributed by atoms with Crippen molar-refractivity contribution >= 4 is 5.91 Å². The molecule has 0 radical (unpaired) electrons. The van der Waals surface area contributed by atoms with Crippen molar-refractivity contribution in [3.63, 3.8) is 0 Å². The second-order valence-corrected chi connectivity index (χ2v) is 15.6. The summed E-state index contributed by atoms with van der Waals surface area (Å²) in [5.74, 6) is -0.156. The molecule has 0 heterocycles. The van der Waals surface area contributed by atoms with Gasteiger partial charge in [0.25, 0.3) is 0 Å². The monoisotopic (exact) mass is 720 g/mol. The van der Waals surface area contributed by atoms with E-state index in [4.69, 9.17) is 0 Å². The first-order chi connectivity index (χ1) is 25.1. The van der Waals surface area contributed by atoms with E-state index in [1.165, 1.54) is 173 Å². The zero-order valence-electron chi connectivity index (χ0n) is 34.2. The van der Waals surface area contributed by atoms with Crippen molar-refractivity contribution in [1.82, 2.24) is 5.32 Å². The summed E-state index contributed by atoms with van der Waals surface area (Å²) in [6, 6.07) is -0.821. The van der Waals surface area contributed by atoms with E-state index in [1.807, 2.05) is 0 Å². The topological polar surface area (TPSA) is 89.8 Å². The smallest absolute Gasteiger partial charge is 0.220 e. The van der Waals surface area contributed by atoms with Crippen LogP contribution in [0.5, 0.6) is 0 Å². The number of carbonyl (C=O) groups is 1. The normalized spacial score (nSPS) is 13.7. The molecule has 0 aliphatic carbocycles. The molecule has 0 aromatic heterocycles. The minimum Gasteiger partial charge on any atom is -0.394 e. The number of aliphatic hydroxyl groups is 3. The maximum absolute atomic E-state index is 12.4. The molecule has 3 atom stereocenters. The third-order valence-corrected chi connectivity index (χ3v) is 10.5. The van der Waals surface area contributed by atoms with E-state index in [9.17, 15) is 20.1 Å². The molecule has 0 aliphatic rings. The van der Waals surface area contributed by atoms with Gasteiger partial charge >= 0.3 is 0 Å². The number of rotatable bonds is 41. The molecule has 5 nitrogen and oxygen atoms in total. The van der Waals surface area contributed by atoms with E-state index < -0.39 is 18.2 Å². The SMILES string of the molecule is CCCCC/C=C/CCCC(O)C(O)C(CO)NC(=O)CCCCCCCCCCCCCCC/C=C\CCCCCCCCCCCCCC. The summed E-state index contributed by atoms with van der Waals surface area (Å²) < 4.78 is 0. The van der Waals surface area contributed by atoms with Crippen LogP contribution in [0.15, 0.2) is 24.3 Å². The molecule has 0 aliphatic heterocycles. The maximum atomic E-state index is 12.4. The second-order valence-electron chi connectivity index (χ2n) is 15.6. The Kier molecular flexibility index (Phi) is 40.6. The summed E-state index contributed by atoms with van der Waals surface area (Å²) in [7, 11) is 0. The number of nitrogens with one attached hydrogen (secondary N) is 1. The van der Waals surface area contributed by atoms with Gasteiger partial charge in [0, 0.05) is 6.42 Å². The Balaban J connectivity index is 3.49. The zero-order chi connectivity index (χ0) is 37.3. The fourth-order valence-corrected chi connectivity index (χ4v) is 6.98. The Labute approximate surface area is 318 Å². The highest BCUT2D eigenvalue weighted by Gasteiger charge is 2.26. The van der Waals surface area contributed by atoms with Crippen LogP contribution >= 0.6 is 0 Å². The van der Waals surface area contributed by atoms with Crippen LogP contribution in [0.2, 0.25) is 0 Å². The number of hydrogen-bond acceptors (Lipinski definition) is 4. The van der Waals surface area contributed by atoms with Crippen molar-refractivity contribution in [1.29, 1.82) is 0 Å². The molecule has 0 saturated heterocycles. The van der Waals surface area contributed by atoms with Crippen LogP contribution < -0.4 is 5.32 Å². The van der Waals surface area contributed by atoms with Gasteiger partial charge in [-0.3, -0.25) is 4.79 Å². The molecule has 0 saturated carbocycles. The fourth-order valence-electron chi connectivity index (χ4n) is 6.98. The van der Waals surface area contributed by atoms with E-state index >= 15 is 0 Å². The number of carbonyl (C=O) groups excluding carboxylic acids is 1. The Bertz CT molecular complexity index is 754. The van der Waals surface area contributed by atoms with Crippen molar-refractivity contribution in [3.8, 4) is 0 Å². The molecule has 51 heavy (non-hydrogen) atoms. The first-order valence-corrected chi connectivity index (χ1v) is 22.6. The average molecular weight is 720 g/mol. The third kappa shape index (κ3) is 37.0. The lowest BCUT2D eigenvalue weighted by Gasteiger charge is -2.26. The van der Waals surface area contributed by atoms with Crippen LogP contribution in [0.3, 0.4) is 0 Å². The first kappa shape index (κ1) is 49.8. The summed E-state index contributed by atoms with van der Waals surface area (Å²) in [5.41, 5.74) is 0.